The molecule has 2 aromatic rings. The molecule has 2 atom stereocenters. The van der Waals surface area contributed by atoms with E-state index in [9.17, 15) is 14.4 Å². The number of carbonyl (C=O) groups is 3. The zero-order valence-corrected chi connectivity index (χ0v) is 17.8. The van der Waals surface area contributed by atoms with Crippen LogP contribution in [0.15, 0.2) is 48.5 Å². The van der Waals surface area contributed by atoms with Gasteiger partial charge in [-0.3, -0.25) is 4.79 Å². The molecule has 0 aromatic heterocycles. The van der Waals surface area contributed by atoms with Crippen molar-refractivity contribution < 1.29 is 23.9 Å². The van der Waals surface area contributed by atoms with Gasteiger partial charge in [-0.25, -0.2) is 14.5 Å². The molecule has 0 unspecified atom stereocenters. The Kier molecular flexibility index (Phi) is 6.25. The van der Waals surface area contributed by atoms with E-state index >= 15 is 0 Å². The smallest absolute Gasteiger partial charge is 0.417 e. The molecule has 0 radical (unpaired) electrons. The fraction of sp³-hybridized carbons (Fsp3) is 0.375. The maximum absolute atomic E-state index is 12.9. The van der Waals surface area contributed by atoms with Gasteiger partial charge in [0.15, 0.2) is 0 Å². The van der Waals surface area contributed by atoms with Crippen molar-refractivity contribution in [1.82, 2.24) is 4.90 Å². The molecule has 1 fully saturated rings. The van der Waals surface area contributed by atoms with Gasteiger partial charge < -0.3 is 9.47 Å². The van der Waals surface area contributed by atoms with Crippen LogP contribution in [0.2, 0.25) is 0 Å². The molecule has 0 spiro atoms. The normalized spacial score (nSPS) is 19.5. The van der Waals surface area contributed by atoms with Gasteiger partial charge in [-0.2, -0.15) is 0 Å². The third-order valence-corrected chi connectivity index (χ3v) is 5.01. The fourth-order valence-corrected chi connectivity index (χ4v) is 3.64. The number of esters is 1. The zero-order chi connectivity index (χ0) is 21.9. The van der Waals surface area contributed by atoms with Gasteiger partial charge in [-0.15, -0.1) is 0 Å². The SMILES string of the molecule is COC(=O)[C@@H]1C[C@H](C/C=C/c2cccc3ccccc23)C(=O)N1C(=O)OC(C)(C)C. The zero-order valence-electron chi connectivity index (χ0n) is 17.8. The summed E-state index contributed by atoms with van der Waals surface area (Å²) in [5.41, 5.74) is 0.275. The highest BCUT2D eigenvalue weighted by Crippen LogP contribution is 2.30. The molecule has 158 valence electrons. The van der Waals surface area contributed by atoms with Gasteiger partial charge in [0.2, 0.25) is 5.91 Å². The molecule has 0 saturated carbocycles. The molecular weight excluding hydrogens is 382 g/mol. The molecule has 3 rings (SSSR count). The first-order valence-corrected chi connectivity index (χ1v) is 9.99. The maximum Gasteiger partial charge on any atom is 0.417 e. The minimum atomic E-state index is -0.965. The molecule has 0 bridgehead atoms. The second kappa shape index (κ2) is 8.69. The monoisotopic (exact) mass is 409 g/mol. The second-order valence-corrected chi connectivity index (χ2v) is 8.37. The van der Waals surface area contributed by atoms with Crippen molar-refractivity contribution in [3.05, 3.63) is 54.1 Å². The minimum absolute atomic E-state index is 0.213. The predicted octanol–water partition coefficient (Wildman–Crippen LogP) is 4.57. The van der Waals surface area contributed by atoms with E-state index in [0.29, 0.717) is 6.42 Å². The van der Waals surface area contributed by atoms with E-state index in [2.05, 4.69) is 0 Å². The number of rotatable bonds is 4. The summed E-state index contributed by atoms with van der Waals surface area (Å²) < 4.78 is 10.1. The Hall–Kier alpha value is -3.15. The van der Waals surface area contributed by atoms with Gasteiger partial charge in [-0.05, 0) is 49.9 Å². The number of hydrogen-bond donors (Lipinski definition) is 0. The summed E-state index contributed by atoms with van der Waals surface area (Å²) >= 11 is 0. The first-order valence-electron chi connectivity index (χ1n) is 9.99. The number of hydrogen-bond acceptors (Lipinski definition) is 5. The highest BCUT2D eigenvalue weighted by molar-refractivity contribution is 6.01. The van der Waals surface area contributed by atoms with E-state index in [0.717, 1.165) is 21.2 Å². The molecule has 1 heterocycles. The molecule has 1 aliphatic rings. The lowest BCUT2D eigenvalue weighted by Crippen LogP contribution is -2.46. The Bertz CT molecular complexity index is 983. The number of imide groups is 1. The predicted molar refractivity (Wildman–Crippen MR) is 115 cm³/mol. The number of ether oxygens (including phenoxy) is 2. The van der Waals surface area contributed by atoms with Gasteiger partial charge in [0, 0.05) is 5.92 Å². The van der Waals surface area contributed by atoms with Crippen LogP contribution in [0.5, 0.6) is 0 Å². The standard InChI is InChI=1S/C24H27NO5/c1-24(2,3)30-23(28)25-20(22(27)29-4)15-18(21(25)26)13-8-12-17-11-7-10-16-9-5-6-14-19(16)17/h5-12,14,18,20H,13,15H2,1-4H3/b12-8+/t18-,20-/m0/s1. The van der Waals surface area contributed by atoms with Gasteiger partial charge in [0.05, 0.1) is 7.11 Å². The van der Waals surface area contributed by atoms with E-state index in [1.165, 1.54) is 7.11 Å². The van der Waals surface area contributed by atoms with Crippen LogP contribution < -0.4 is 0 Å². The average Bonchev–Trinajstić information content (AvgIpc) is 3.03. The molecule has 6 heteroatoms. The van der Waals surface area contributed by atoms with Crippen LogP contribution in [0.1, 0.15) is 39.2 Å². The van der Waals surface area contributed by atoms with Gasteiger partial charge in [-0.1, -0.05) is 54.6 Å². The number of benzene rings is 2. The first-order chi connectivity index (χ1) is 14.2. The van der Waals surface area contributed by atoms with Crippen LogP contribution in [0.25, 0.3) is 16.8 Å². The molecule has 0 aliphatic carbocycles. The van der Waals surface area contributed by atoms with Crippen LogP contribution in [-0.4, -0.2) is 41.6 Å². The first kappa shape index (κ1) is 21.6. The van der Waals surface area contributed by atoms with Crippen molar-refractivity contribution in [2.24, 2.45) is 5.92 Å². The largest absolute Gasteiger partial charge is 0.467 e. The lowest BCUT2D eigenvalue weighted by atomic mass is 9.99. The summed E-state index contributed by atoms with van der Waals surface area (Å²) in [7, 11) is 1.24. The van der Waals surface area contributed by atoms with Crippen LogP contribution in [-0.2, 0) is 19.1 Å². The van der Waals surface area contributed by atoms with Crippen molar-refractivity contribution in [3.8, 4) is 0 Å². The second-order valence-electron chi connectivity index (χ2n) is 8.37. The van der Waals surface area contributed by atoms with E-state index < -0.39 is 35.5 Å². The topological polar surface area (TPSA) is 72.9 Å². The summed E-state index contributed by atoms with van der Waals surface area (Å²) in [6, 6.07) is 13.2. The Morgan fingerprint density at radius 2 is 1.83 bits per heavy atom. The Morgan fingerprint density at radius 1 is 1.13 bits per heavy atom. The van der Waals surface area contributed by atoms with Crippen LogP contribution in [0, 0.1) is 5.92 Å². The third kappa shape index (κ3) is 4.70. The van der Waals surface area contributed by atoms with E-state index in [4.69, 9.17) is 9.47 Å². The number of methoxy groups -OCH3 is 1. The highest BCUT2D eigenvalue weighted by Gasteiger charge is 2.48. The number of carbonyl (C=O) groups excluding carboxylic acids is 3. The summed E-state index contributed by atoms with van der Waals surface area (Å²) in [6.07, 6.45) is 3.69. The number of fused-ring (bicyclic) bond motifs is 1. The number of nitrogens with zero attached hydrogens (tertiary/aromatic N) is 1. The summed E-state index contributed by atoms with van der Waals surface area (Å²) in [6.45, 7) is 5.13. The Morgan fingerprint density at radius 3 is 2.53 bits per heavy atom. The summed E-state index contributed by atoms with van der Waals surface area (Å²) in [4.78, 5) is 38.5. The molecule has 30 heavy (non-hydrogen) atoms. The lowest BCUT2D eigenvalue weighted by Gasteiger charge is -2.26. The van der Waals surface area contributed by atoms with Gasteiger partial charge >= 0.3 is 12.1 Å². The molecule has 2 aromatic carbocycles. The number of likely N-dealkylation sites (tertiary alicyclic amines) is 1. The van der Waals surface area contributed by atoms with E-state index in [1.807, 2.05) is 54.6 Å². The quantitative estimate of drug-likeness (QED) is 0.692. The Labute approximate surface area is 176 Å². The van der Waals surface area contributed by atoms with Crippen LogP contribution in [0.3, 0.4) is 0 Å². The maximum atomic E-state index is 12.9. The van der Waals surface area contributed by atoms with E-state index in [1.54, 1.807) is 20.8 Å². The third-order valence-electron chi connectivity index (χ3n) is 5.01. The number of amides is 2. The van der Waals surface area contributed by atoms with Crippen molar-refractivity contribution >= 4 is 34.8 Å². The highest BCUT2D eigenvalue weighted by atomic mass is 16.6. The van der Waals surface area contributed by atoms with Crippen LogP contribution >= 0.6 is 0 Å². The van der Waals surface area contributed by atoms with Gasteiger partial charge in [0.25, 0.3) is 0 Å². The van der Waals surface area contributed by atoms with E-state index in [-0.39, 0.29) is 6.42 Å². The van der Waals surface area contributed by atoms with Crippen LogP contribution in [0.4, 0.5) is 4.79 Å². The average molecular weight is 409 g/mol. The molecule has 2 amide bonds. The van der Waals surface area contributed by atoms with Crippen molar-refractivity contribution in [2.75, 3.05) is 7.11 Å². The number of allylic oxidation sites excluding steroid dienone is 1. The molecule has 1 saturated heterocycles. The van der Waals surface area contributed by atoms with Crippen molar-refractivity contribution in [2.45, 2.75) is 45.3 Å². The minimum Gasteiger partial charge on any atom is -0.467 e. The van der Waals surface area contributed by atoms with Gasteiger partial charge in [0.1, 0.15) is 11.6 Å². The molecule has 0 N–H and O–H groups in total. The molecule has 1 aliphatic heterocycles. The lowest BCUT2D eigenvalue weighted by molar-refractivity contribution is -0.148. The van der Waals surface area contributed by atoms with Crippen molar-refractivity contribution in [1.29, 1.82) is 0 Å². The Balaban J connectivity index is 1.77. The molecular formula is C24H27NO5. The van der Waals surface area contributed by atoms with Crippen molar-refractivity contribution in [3.63, 3.8) is 0 Å². The molecule has 6 nitrogen and oxygen atoms in total. The summed E-state index contributed by atoms with van der Waals surface area (Å²) in [5, 5.41) is 2.26. The fourth-order valence-electron chi connectivity index (χ4n) is 3.64. The summed E-state index contributed by atoms with van der Waals surface area (Å²) in [5.74, 6) is -1.52.